The fourth-order valence-corrected chi connectivity index (χ4v) is 3.19. The number of benzene rings is 2. The van der Waals surface area contributed by atoms with Crippen molar-refractivity contribution < 1.29 is 28.8 Å². The van der Waals surface area contributed by atoms with Gasteiger partial charge in [0.05, 0.1) is 18.2 Å². The molecule has 6 nitrogen and oxygen atoms in total. The number of ether oxygens (including phenoxy) is 4. The highest BCUT2D eigenvalue weighted by Gasteiger charge is 2.18. The van der Waals surface area contributed by atoms with E-state index in [9.17, 15) is 9.90 Å². The number of allylic oxidation sites excluding steroid dienone is 1. The Morgan fingerprint density at radius 3 is 2.30 bits per heavy atom. The average molecular weight is 473 g/mol. The zero-order chi connectivity index (χ0) is 24.1. The third kappa shape index (κ3) is 9.09. The van der Waals surface area contributed by atoms with Gasteiger partial charge in [-0.3, -0.25) is 0 Å². The van der Waals surface area contributed by atoms with E-state index in [1.165, 1.54) is 0 Å². The fourth-order valence-electron chi connectivity index (χ4n) is 2.93. The van der Waals surface area contributed by atoms with E-state index >= 15 is 0 Å². The maximum absolute atomic E-state index is 11.2. The molecule has 1 N–H and O–H groups in total. The minimum atomic E-state index is -1.00. The Hall–Kier alpha value is -3.14. The minimum Gasteiger partial charge on any atom is -0.494 e. The standard InChI is InChI=1S/C26H29ClO6/c1-4-30-21-14-19(15-22(18-21)31-5-2)10-8-7-9-13-33-24-12-11-20(16-23(24)27)17-25(26(28)29)32-6-3/h7,9,11-12,14-16,18,25H,4-6,13,17H2,1-3H3,(H,28,29)/b9-7-/t25-/m0/s1. The molecule has 176 valence electrons. The van der Waals surface area contributed by atoms with Crippen LogP contribution in [0.5, 0.6) is 17.2 Å². The maximum Gasteiger partial charge on any atom is 0.333 e. The molecule has 0 aliphatic rings. The third-order valence-electron chi connectivity index (χ3n) is 4.32. The summed E-state index contributed by atoms with van der Waals surface area (Å²) >= 11 is 6.28. The van der Waals surface area contributed by atoms with Crippen molar-refractivity contribution in [3.05, 3.63) is 64.7 Å². The van der Waals surface area contributed by atoms with Gasteiger partial charge in [-0.2, -0.15) is 0 Å². The van der Waals surface area contributed by atoms with Gasteiger partial charge in [0.25, 0.3) is 0 Å². The Morgan fingerprint density at radius 2 is 1.73 bits per heavy atom. The van der Waals surface area contributed by atoms with Crippen LogP contribution in [0.2, 0.25) is 5.02 Å². The van der Waals surface area contributed by atoms with Crippen LogP contribution in [0.15, 0.2) is 48.6 Å². The number of carbonyl (C=O) groups is 1. The summed E-state index contributed by atoms with van der Waals surface area (Å²) in [4.78, 5) is 11.2. The van der Waals surface area contributed by atoms with Crippen LogP contribution in [-0.2, 0) is 16.0 Å². The Labute approximate surface area is 200 Å². The second-order valence-electron chi connectivity index (χ2n) is 6.79. The second-order valence-corrected chi connectivity index (χ2v) is 7.20. The first-order valence-corrected chi connectivity index (χ1v) is 11.2. The number of carboxylic acids is 1. The largest absolute Gasteiger partial charge is 0.494 e. The van der Waals surface area contributed by atoms with Crippen LogP contribution in [0.1, 0.15) is 31.9 Å². The predicted molar refractivity (Wildman–Crippen MR) is 128 cm³/mol. The highest BCUT2D eigenvalue weighted by Crippen LogP contribution is 2.26. The van der Waals surface area contributed by atoms with Crippen molar-refractivity contribution in [1.29, 1.82) is 0 Å². The first-order valence-electron chi connectivity index (χ1n) is 10.8. The summed E-state index contributed by atoms with van der Waals surface area (Å²) in [5, 5.41) is 9.62. The lowest BCUT2D eigenvalue weighted by atomic mass is 10.1. The van der Waals surface area contributed by atoms with E-state index in [0.29, 0.717) is 42.1 Å². The molecule has 0 aromatic heterocycles. The summed E-state index contributed by atoms with van der Waals surface area (Å²) in [7, 11) is 0. The van der Waals surface area contributed by atoms with E-state index in [4.69, 9.17) is 30.5 Å². The van der Waals surface area contributed by atoms with E-state index in [2.05, 4.69) is 11.8 Å². The summed E-state index contributed by atoms with van der Waals surface area (Å²) in [5.41, 5.74) is 1.55. The van der Waals surface area contributed by atoms with E-state index in [1.54, 1.807) is 37.3 Å². The molecule has 0 aliphatic carbocycles. The first-order chi connectivity index (χ1) is 16.0. The Balaban J connectivity index is 1.94. The molecule has 0 saturated heterocycles. The van der Waals surface area contributed by atoms with Crippen molar-refractivity contribution in [3.8, 4) is 29.1 Å². The van der Waals surface area contributed by atoms with E-state index in [-0.39, 0.29) is 13.0 Å². The lowest BCUT2D eigenvalue weighted by Gasteiger charge is -2.13. The van der Waals surface area contributed by atoms with Crippen molar-refractivity contribution in [2.24, 2.45) is 0 Å². The predicted octanol–water partition coefficient (Wildman–Crippen LogP) is 5.16. The van der Waals surface area contributed by atoms with Crippen LogP contribution >= 0.6 is 11.6 Å². The monoisotopic (exact) mass is 472 g/mol. The van der Waals surface area contributed by atoms with Crippen molar-refractivity contribution in [2.45, 2.75) is 33.3 Å². The molecule has 1 atom stereocenters. The average Bonchev–Trinajstić information content (AvgIpc) is 2.77. The van der Waals surface area contributed by atoms with Gasteiger partial charge in [-0.05, 0) is 62.8 Å². The molecule has 0 fully saturated rings. The summed E-state index contributed by atoms with van der Waals surface area (Å²) in [6.07, 6.45) is 2.81. The van der Waals surface area contributed by atoms with Crippen molar-refractivity contribution in [3.63, 3.8) is 0 Å². The van der Waals surface area contributed by atoms with Crippen LogP contribution in [0.4, 0.5) is 0 Å². The van der Waals surface area contributed by atoms with E-state index in [1.807, 2.05) is 32.0 Å². The Kier molecular flexibility index (Phi) is 11.2. The lowest BCUT2D eigenvalue weighted by Crippen LogP contribution is -2.26. The minimum absolute atomic E-state index is 0.230. The van der Waals surface area contributed by atoms with Crippen molar-refractivity contribution in [1.82, 2.24) is 0 Å². The molecule has 2 aromatic carbocycles. The van der Waals surface area contributed by atoms with Crippen LogP contribution < -0.4 is 14.2 Å². The lowest BCUT2D eigenvalue weighted by molar-refractivity contribution is -0.149. The molecule has 7 heteroatoms. The van der Waals surface area contributed by atoms with Gasteiger partial charge in [-0.25, -0.2) is 4.79 Å². The molecular weight excluding hydrogens is 444 g/mol. The molecular formula is C26H29ClO6. The molecule has 0 amide bonds. The fraction of sp³-hybridized carbons (Fsp3) is 0.346. The number of hydrogen-bond acceptors (Lipinski definition) is 5. The highest BCUT2D eigenvalue weighted by atomic mass is 35.5. The molecule has 0 radical (unpaired) electrons. The summed E-state index contributed by atoms with van der Waals surface area (Å²) in [6, 6.07) is 10.8. The zero-order valence-corrected chi connectivity index (χ0v) is 19.9. The number of carboxylic acid groups (broad SMARTS) is 1. The van der Waals surface area contributed by atoms with Crippen molar-refractivity contribution in [2.75, 3.05) is 26.4 Å². The van der Waals surface area contributed by atoms with Gasteiger partial charge in [0.1, 0.15) is 23.9 Å². The van der Waals surface area contributed by atoms with Crippen LogP contribution in [0.3, 0.4) is 0 Å². The summed E-state index contributed by atoms with van der Waals surface area (Å²) in [6.45, 7) is 7.35. The third-order valence-corrected chi connectivity index (χ3v) is 4.61. The number of hydrogen-bond donors (Lipinski definition) is 1. The topological polar surface area (TPSA) is 74.2 Å². The molecule has 0 spiro atoms. The second kappa shape index (κ2) is 14.1. The van der Waals surface area contributed by atoms with Crippen LogP contribution in [0, 0.1) is 11.8 Å². The summed E-state index contributed by atoms with van der Waals surface area (Å²) < 4.78 is 22.0. The molecule has 0 saturated carbocycles. The first kappa shape index (κ1) is 26.1. The smallest absolute Gasteiger partial charge is 0.333 e. The van der Waals surface area contributed by atoms with Crippen molar-refractivity contribution >= 4 is 17.6 Å². The molecule has 0 aliphatic heterocycles. The van der Waals surface area contributed by atoms with Crippen LogP contribution in [-0.4, -0.2) is 43.6 Å². The summed E-state index contributed by atoms with van der Waals surface area (Å²) in [5.74, 6) is 6.97. The van der Waals surface area contributed by atoms with E-state index < -0.39 is 12.1 Å². The van der Waals surface area contributed by atoms with Gasteiger partial charge in [0.15, 0.2) is 6.10 Å². The quantitative estimate of drug-likeness (QED) is 0.430. The SMILES string of the molecule is CCOc1cc(C#C/C=C\COc2ccc(C[C@H](OCC)C(=O)O)cc2Cl)cc(OCC)c1. The van der Waals surface area contributed by atoms with Gasteiger partial charge >= 0.3 is 5.97 Å². The van der Waals surface area contributed by atoms with Gasteiger partial charge in [0.2, 0.25) is 0 Å². The molecule has 0 bridgehead atoms. The van der Waals surface area contributed by atoms with Gasteiger partial charge in [0, 0.05) is 24.7 Å². The number of halogens is 1. The highest BCUT2D eigenvalue weighted by molar-refractivity contribution is 6.32. The van der Waals surface area contributed by atoms with Gasteiger partial charge < -0.3 is 24.1 Å². The van der Waals surface area contributed by atoms with Gasteiger partial charge in [-0.15, -0.1) is 0 Å². The molecule has 2 aromatic rings. The number of aliphatic carboxylic acids is 1. The molecule has 0 unspecified atom stereocenters. The Morgan fingerprint density at radius 1 is 1.03 bits per heavy atom. The Bertz CT molecular complexity index is 981. The molecule has 0 heterocycles. The number of rotatable bonds is 12. The normalized spacial score (nSPS) is 11.5. The van der Waals surface area contributed by atoms with Crippen LogP contribution in [0.25, 0.3) is 0 Å². The van der Waals surface area contributed by atoms with Gasteiger partial charge in [-0.1, -0.05) is 29.5 Å². The maximum atomic E-state index is 11.2. The molecule has 33 heavy (non-hydrogen) atoms. The molecule has 2 rings (SSSR count). The van der Waals surface area contributed by atoms with E-state index in [0.717, 1.165) is 11.1 Å². The zero-order valence-electron chi connectivity index (χ0n) is 19.1.